The SMILES string of the molecule is O=C(Nc1cccn(CC(F)(F)F)c1=O)c1ccc(Cl)s1. The Kier molecular flexibility index (Phi) is 4.38. The summed E-state index contributed by atoms with van der Waals surface area (Å²) in [6.07, 6.45) is -3.51. The Morgan fingerprint density at radius 3 is 2.62 bits per heavy atom. The van der Waals surface area contributed by atoms with E-state index < -0.39 is 24.2 Å². The van der Waals surface area contributed by atoms with E-state index in [2.05, 4.69) is 5.32 Å². The molecule has 0 aliphatic carbocycles. The van der Waals surface area contributed by atoms with Gasteiger partial charge in [0, 0.05) is 6.20 Å². The van der Waals surface area contributed by atoms with Gasteiger partial charge in [-0.2, -0.15) is 13.2 Å². The lowest BCUT2D eigenvalue weighted by molar-refractivity contribution is -0.141. The summed E-state index contributed by atoms with van der Waals surface area (Å²) in [6.45, 7) is -1.42. The van der Waals surface area contributed by atoms with Gasteiger partial charge < -0.3 is 9.88 Å². The number of alkyl halides is 3. The maximum Gasteiger partial charge on any atom is 0.406 e. The second-order valence-electron chi connectivity index (χ2n) is 4.03. The minimum Gasteiger partial charge on any atom is -0.317 e. The molecule has 0 saturated heterocycles. The van der Waals surface area contributed by atoms with Crippen molar-refractivity contribution in [1.29, 1.82) is 0 Å². The first-order valence-electron chi connectivity index (χ1n) is 5.59. The fraction of sp³-hybridized carbons (Fsp3) is 0.167. The molecule has 1 N–H and O–H groups in total. The summed E-state index contributed by atoms with van der Waals surface area (Å²) in [5.41, 5.74) is -1.15. The Balaban J connectivity index is 2.23. The third-order valence-electron chi connectivity index (χ3n) is 2.41. The van der Waals surface area contributed by atoms with Crippen LogP contribution in [0.15, 0.2) is 35.3 Å². The summed E-state index contributed by atoms with van der Waals surface area (Å²) >= 11 is 6.68. The summed E-state index contributed by atoms with van der Waals surface area (Å²) in [7, 11) is 0. The average Bonchev–Trinajstić information content (AvgIpc) is 2.79. The van der Waals surface area contributed by atoms with Gasteiger partial charge in [-0.05, 0) is 24.3 Å². The van der Waals surface area contributed by atoms with Crippen molar-refractivity contribution in [2.75, 3.05) is 5.32 Å². The van der Waals surface area contributed by atoms with Gasteiger partial charge in [0.15, 0.2) is 0 Å². The first kappa shape index (κ1) is 15.6. The van der Waals surface area contributed by atoms with Crippen LogP contribution in [0.4, 0.5) is 18.9 Å². The summed E-state index contributed by atoms with van der Waals surface area (Å²) in [5, 5.41) is 2.28. The number of nitrogens with one attached hydrogen (secondary N) is 1. The summed E-state index contributed by atoms with van der Waals surface area (Å²) < 4.78 is 37.8. The first-order chi connectivity index (χ1) is 9.76. The number of anilines is 1. The number of pyridine rings is 1. The van der Waals surface area contributed by atoms with Gasteiger partial charge in [-0.3, -0.25) is 9.59 Å². The highest BCUT2D eigenvalue weighted by Crippen LogP contribution is 2.22. The largest absolute Gasteiger partial charge is 0.406 e. The highest BCUT2D eigenvalue weighted by Gasteiger charge is 2.28. The Hall–Kier alpha value is -1.80. The van der Waals surface area contributed by atoms with Gasteiger partial charge >= 0.3 is 6.18 Å². The zero-order valence-corrected chi connectivity index (χ0v) is 11.9. The minimum absolute atomic E-state index is 0.226. The summed E-state index contributed by atoms with van der Waals surface area (Å²) in [5.74, 6) is -0.603. The molecular weight excluding hydrogens is 329 g/mol. The predicted molar refractivity (Wildman–Crippen MR) is 74.0 cm³/mol. The standard InChI is InChI=1S/C12H8ClF3N2O2S/c13-9-4-3-8(21-9)10(19)17-7-2-1-5-18(11(7)20)6-12(14,15)16/h1-5H,6H2,(H,17,19). The maximum absolute atomic E-state index is 12.3. The predicted octanol–water partition coefficient (Wildman–Crippen LogP) is 3.38. The maximum atomic E-state index is 12.3. The summed E-state index contributed by atoms with van der Waals surface area (Å²) in [6, 6.07) is 5.46. The molecule has 0 saturated carbocycles. The molecule has 0 unspecified atom stereocenters. The number of thiophene rings is 1. The Morgan fingerprint density at radius 1 is 1.33 bits per heavy atom. The van der Waals surface area contributed by atoms with Crippen LogP contribution >= 0.6 is 22.9 Å². The van der Waals surface area contributed by atoms with Crippen LogP contribution in [-0.4, -0.2) is 16.7 Å². The molecule has 9 heteroatoms. The van der Waals surface area contributed by atoms with Crippen molar-refractivity contribution in [3.8, 4) is 0 Å². The Morgan fingerprint density at radius 2 is 2.05 bits per heavy atom. The molecule has 0 atom stereocenters. The molecule has 0 radical (unpaired) electrons. The van der Waals surface area contributed by atoms with Gasteiger partial charge in [-0.1, -0.05) is 11.6 Å². The van der Waals surface area contributed by atoms with E-state index in [1.807, 2.05) is 0 Å². The molecule has 0 aromatic carbocycles. The first-order valence-corrected chi connectivity index (χ1v) is 6.78. The molecule has 0 fully saturated rings. The lowest BCUT2D eigenvalue weighted by Gasteiger charge is -2.10. The molecule has 0 aliphatic heterocycles. The molecule has 0 bridgehead atoms. The van der Waals surface area contributed by atoms with Crippen molar-refractivity contribution in [3.05, 3.63) is 50.0 Å². The number of rotatable bonds is 3. The van der Waals surface area contributed by atoms with Crippen LogP contribution in [0.2, 0.25) is 4.34 Å². The number of aromatic nitrogens is 1. The minimum atomic E-state index is -4.52. The fourth-order valence-corrected chi connectivity index (χ4v) is 2.51. The van der Waals surface area contributed by atoms with E-state index in [-0.39, 0.29) is 10.6 Å². The number of carbonyl (C=O) groups excluding carboxylic acids is 1. The molecule has 2 rings (SSSR count). The van der Waals surface area contributed by atoms with E-state index in [0.29, 0.717) is 8.90 Å². The zero-order chi connectivity index (χ0) is 15.6. The number of hydrogen-bond donors (Lipinski definition) is 1. The van der Waals surface area contributed by atoms with E-state index >= 15 is 0 Å². The molecule has 21 heavy (non-hydrogen) atoms. The molecule has 2 heterocycles. The van der Waals surface area contributed by atoms with Crippen LogP contribution in [0.3, 0.4) is 0 Å². The van der Waals surface area contributed by atoms with Crippen molar-refractivity contribution in [1.82, 2.24) is 4.57 Å². The van der Waals surface area contributed by atoms with Crippen LogP contribution in [0.5, 0.6) is 0 Å². The average molecular weight is 337 g/mol. The van der Waals surface area contributed by atoms with E-state index in [9.17, 15) is 22.8 Å². The monoisotopic (exact) mass is 336 g/mol. The number of hydrogen-bond acceptors (Lipinski definition) is 3. The van der Waals surface area contributed by atoms with Crippen LogP contribution in [0.1, 0.15) is 9.67 Å². The van der Waals surface area contributed by atoms with Gasteiger partial charge in [0.25, 0.3) is 11.5 Å². The van der Waals surface area contributed by atoms with Crippen molar-refractivity contribution in [3.63, 3.8) is 0 Å². The van der Waals surface area contributed by atoms with Gasteiger partial charge in [0.05, 0.1) is 9.21 Å². The molecule has 4 nitrogen and oxygen atoms in total. The molecule has 1 amide bonds. The fourth-order valence-electron chi connectivity index (χ4n) is 1.57. The topological polar surface area (TPSA) is 51.1 Å². The second-order valence-corrected chi connectivity index (χ2v) is 5.74. The van der Waals surface area contributed by atoms with E-state index in [4.69, 9.17) is 11.6 Å². The smallest absolute Gasteiger partial charge is 0.317 e. The van der Waals surface area contributed by atoms with Crippen LogP contribution in [-0.2, 0) is 6.54 Å². The molecule has 0 spiro atoms. The van der Waals surface area contributed by atoms with E-state index in [1.54, 1.807) is 0 Å². The van der Waals surface area contributed by atoms with Gasteiger partial charge in [-0.25, -0.2) is 0 Å². The third kappa shape index (κ3) is 4.08. The Labute approximate surface area is 125 Å². The van der Waals surface area contributed by atoms with Crippen molar-refractivity contribution >= 4 is 34.5 Å². The molecule has 2 aromatic rings. The molecule has 112 valence electrons. The quantitative estimate of drug-likeness (QED) is 0.934. The zero-order valence-electron chi connectivity index (χ0n) is 10.3. The molecule has 0 aliphatic rings. The van der Waals surface area contributed by atoms with E-state index in [1.165, 1.54) is 24.3 Å². The lowest BCUT2D eigenvalue weighted by Crippen LogP contribution is -2.30. The van der Waals surface area contributed by atoms with Crippen LogP contribution < -0.4 is 10.9 Å². The number of amides is 1. The second kappa shape index (κ2) is 5.90. The highest BCUT2D eigenvalue weighted by atomic mass is 35.5. The van der Waals surface area contributed by atoms with E-state index in [0.717, 1.165) is 17.5 Å². The number of halogens is 4. The Bertz CT molecular complexity index is 724. The van der Waals surface area contributed by atoms with Crippen LogP contribution in [0, 0.1) is 0 Å². The normalized spacial score (nSPS) is 11.4. The van der Waals surface area contributed by atoms with Gasteiger partial charge in [-0.15, -0.1) is 11.3 Å². The molecule has 2 aromatic heterocycles. The number of carbonyl (C=O) groups is 1. The van der Waals surface area contributed by atoms with Crippen molar-refractivity contribution in [2.24, 2.45) is 0 Å². The van der Waals surface area contributed by atoms with Crippen LogP contribution in [0.25, 0.3) is 0 Å². The number of nitrogens with zero attached hydrogens (tertiary/aromatic N) is 1. The highest BCUT2D eigenvalue weighted by molar-refractivity contribution is 7.18. The van der Waals surface area contributed by atoms with Gasteiger partial charge in [0.1, 0.15) is 12.2 Å². The third-order valence-corrected chi connectivity index (χ3v) is 3.64. The summed E-state index contributed by atoms with van der Waals surface area (Å²) in [4.78, 5) is 23.9. The lowest BCUT2D eigenvalue weighted by atomic mass is 10.3. The van der Waals surface area contributed by atoms with Gasteiger partial charge in [0.2, 0.25) is 0 Å². The molecular formula is C12H8ClF3N2O2S. The van der Waals surface area contributed by atoms with Crippen molar-refractivity contribution in [2.45, 2.75) is 12.7 Å². The van der Waals surface area contributed by atoms with Crippen molar-refractivity contribution < 1.29 is 18.0 Å².